The number of hydrogen-bond acceptors (Lipinski definition) is 3. The fourth-order valence-corrected chi connectivity index (χ4v) is 8.45. The van der Waals surface area contributed by atoms with Gasteiger partial charge in [0.1, 0.15) is 6.07 Å². The van der Waals surface area contributed by atoms with Gasteiger partial charge in [-0.3, -0.25) is 9.59 Å². The minimum absolute atomic E-state index is 0.0165. The first-order chi connectivity index (χ1) is 15.7. The number of hydrogen-bond donors (Lipinski definition) is 1. The second-order valence-electron chi connectivity index (χ2n) is 11.4. The molecule has 3 aliphatic carbocycles. The molecule has 0 bridgehead atoms. The average molecular weight is 446 g/mol. The Morgan fingerprint density at radius 2 is 1.91 bits per heavy atom. The summed E-state index contributed by atoms with van der Waals surface area (Å²) in [7, 11) is 1.96. The van der Waals surface area contributed by atoms with E-state index in [1.54, 1.807) is 6.07 Å². The highest BCUT2D eigenvalue weighted by atomic mass is 16.2. The Morgan fingerprint density at radius 3 is 2.67 bits per heavy atom. The van der Waals surface area contributed by atoms with Crippen LogP contribution in [0.1, 0.15) is 71.3 Å². The number of nitriles is 1. The highest BCUT2D eigenvalue weighted by Crippen LogP contribution is 2.66. The van der Waals surface area contributed by atoms with Crippen LogP contribution in [-0.4, -0.2) is 23.8 Å². The van der Waals surface area contributed by atoms with Crippen LogP contribution in [0.15, 0.2) is 35.5 Å². The van der Waals surface area contributed by atoms with E-state index in [9.17, 15) is 14.9 Å². The minimum Gasteiger partial charge on any atom is -0.325 e. The number of amides is 2. The monoisotopic (exact) mass is 445 g/mol. The molecule has 5 rings (SSSR count). The summed E-state index contributed by atoms with van der Waals surface area (Å²) < 4.78 is 0. The van der Waals surface area contributed by atoms with Crippen molar-refractivity contribution < 1.29 is 9.59 Å². The summed E-state index contributed by atoms with van der Waals surface area (Å²) in [6.45, 7) is 6.96. The number of piperidine rings is 1. The van der Waals surface area contributed by atoms with E-state index in [0.717, 1.165) is 38.5 Å². The molecule has 0 radical (unpaired) electrons. The Hall–Kier alpha value is -2.61. The molecule has 1 heterocycles. The number of para-hydroxylation sites is 1. The minimum atomic E-state index is -0.0238. The number of anilines is 1. The summed E-state index contributed by atoms with van der Waals surface area (Å²) in [5.41, 5.74) is 3.83. The predicted octanol–water partition coefficient (Wildman–Crippen LogP) is 5.49. The molecule has 5 nitrogen and oxygen atoms in total. The SMILES string of the molecule is CC1=C2N(C)C(=O)CC[C@]2(C)[C@H]2CC[C@]3(C)[C@@H](C(=O)Nc4ccccc4C#N)CC[C@H]3[C@@H]2C1. The lowest BCUT2D eigenvalue weighted by molar-refractivity contribution is -0.137. The van der Waals surface area contributed by atoms with E-state index in [2.05, 4.69) is 32.2 Å². The first kappa shape index (κ1) is 22.2. The van der Waals surface area contributed by atoms with Crippen molar-refractivity contribution in [3.8, 4) is 6.07 Å². The Kier molecular flexibility index (Phi) is 5.19. The van der Waals surface area contributed by atoms with Crippen LogP contribution in [0.5, 0.6) is 0 Å². The van der Waals surface area contributed by atoms with E-state index in [-0.39, 0.29) is 28.6 Å². The molecule has 2 amide bonds. The third kappa shape index (κ3) is 3.17. The van der Waals surface area contributed by atoms with Crippen molar-refractivity contribution in [2.24, 2.45) is 34.5 Å². The highest BCUT2D eigenvalue weighted by molar-refractivity contribution is 5.94. The van der Waals surface area contributed by atoms with Gasteiger partial charge >= 0.3 is 0 Å². The van der Waals surface area contributed by atoms with Crippen LogP contribution in [0, 0.1) is 45.8 Å². The molecular formula is C28H35N3O2. The molecule has 0 unspecified atom stereocenters. The number of carbonyl (C=O) groups is 2. The molecule has 1 N–H and O–H groups in total. The zero-order valence-corrected chi connectivity index (χ0v) is 20.3. The molecule has 5 heteroatoms. The fourth-order valence-electron chi connectivity index (χ4n) is 8.45. The Morgan fingerprint density at radius 1 is 1.15 bits per heavy atom. The van der Waals surface area contributed by atoms with Crippen LogP contribution in [0.3, 0.4) is 0 Å². The molecule has 0 aromatic heterocycles. The van der Waals surface area contributed by atoms with Gasteiger partial charge in [0.25, 0.3) is 0 Å². The largest absolute Gasteiger partial charge is 0.325 e. The van der Waals surface area contributed by atoms with Gasteiger partial charge in [-0.15, -0.1) is 0 Å². The van der Waals surface area contributed by atoms with Crippen molar-refractivity contribution in [2.75, 3.05) is 12.4 Å². The Bertz CT molecular complexity index is 1080. The first-order valence-electron chi connectivity index (χ1n) is 12.5. The summed E-state index contributed by atoms with van der Waals surface area (Å²) >= 11 is 0. The highest BCUT2D eigenvalue weighted by Gasteiger charge is 2.61. The third-order valence-electron chi connectivity index (χ3n) is 9.93. The number of allylic oxidation sites excluding steroid dienone is 2. The Balaban J connectivity index is 1.42. The fraction of sp³-hybridized carbons (Fsp3) is 0.607. The molecule has 1 aromatic rings. The van der Waals surface area contributed by atoms with Crippen LogP contribution in [-0.2, 0) is 9.59 Å². The topological polar surface area (TPSA) is 73.2 Å². The summed E-state index contributed by atoms with van der Waals surface area (Å²) in [5, 5.41) is 12.5. The molecule has 2 saturated carbocycles. The summed E-state index contributed by atoms with van der Waals surface area (Å²) in [4.78, 5) is 27.9. The molecule has 1 saturated heterocycles. The van der Waals surface area contributed by atoms with Gasteiger partial charge in [0, 0.05) is 30.5 Å². The molecule has 1 aliphatic heterocycles. The second-order valence-corrected chi connectivity index (χ2v) is 11.4. The van der Waals surface area contributed by atoms with Crippen LogP contribution >= 0.6 is 0 Å². The number of nitrogens with zero attached hydrogens (tertiary/aromatic N) is 2. The lowest BCUT2D eigenvalue weighted by Gasteiger charge is -2.59. The van der Waals surface area contributed by atoms with Crippen LogP contribution in [0.25, 0.3) is 0 Å². The van der Waals surface area contributed by atoms with Crippen molar-refractivity contribution in [3.05, 3.63) is 41.1 Å². The third-order valence-corrected chi connectivity index (χ3v) is 9.93. The number of likely N-dealkylation sites (tertiary alicyclic amines) is 1. The van der Waals surface area contributed by atoms with Crippen molar-refractivity contribution in [1.82, 2.24) is 4.90 Å². The molecule has 174 valence electrons. The normalized spacial score (nSPS) is 37.7. The van der Waals surface area contributed by atoms with Crippen LogP contribution in [0.4, 0.5) is 5.69 Å². The van der Waals surface area contributed by atoms with Gasteiger partial charge < -0.3 is 10.2 Å². The molecule has 0 spiro atoms. The van der Waals surface area contributed by atoms with Gasteiger partial charge in [0.2, 0.25) is 11.8 Å². The number of benzene rings is 1. The van der Waals surface area contributed by atoms with Gasteiger partial charge in [-0.05, 0) is 80.8 Å². The molecule has 33 heavy (non-hydrogen) atoms. The molecule has 3 fully saturated rings. The van der Waals surface area contributed by atoms with E-state index in [4.69, 9.17) is 0 Å². The molecule has 6 atom stereocenters. The first-order valence-corrected chi connectivity index (χ1v) is 12.5. The summed E-state index contributed by atoms with van der Waals surface area (Å²) in [6, 6.07) is 9.45. The van der Waals surface area contributed by atoms with Crippen molar-refractivity contribution in [2.45, 2.75) is 65.7 Å². The standard InChI is InChI=1S/C28H35N3O2/c1-17-15-19-20-9-10-22(26(33)30-23-8-6-5-7-18(23)16-29)27(20,2)13-11-21(19)28(3)14-12-24(32)31(4)25(17)28/h5-8,19-22H,9-15H2,1-4H3,(H,30,33)/t19-,20-,21-,22+,27-,28+/m0/s1. The smallest absolute Gasteiger partial charge is 0.228 e. The quantitative estimate of drug-likeness (QED) is 0.654. The van der Waals surface area contributed by atoms with Crippen molar-refractivity contribution >= 4 is 17.5 Å². The van der Waals surface area contributed by atoms with E-state index < -0.39 is 0 Å². The van der Waals surface area contributed by atoms with Gasteiger partial charge in [-0.1, -0.05) is 31.6 Å². The molecule has 4 aliphatic rings. The van der Waals surface area contributed by atoms with Gasteiger partial charge in [-0.2, -0.15) is 5.26 Å². The summed E-state index contributed by atoms with van der Waals surface area (Å²) in [6.07, 6.45) is 6.79. The maximum Gasteiger partial charge on any atom is 0.228 e. The maximum absolute atomic E-state index is 13.5. The number of nitrogens with one attached hydrogen (secondary N) is 1. The van der Waals surface area contributed by atoms with Crippen molar-refractivity contribution in [3.63, 3.8) is 0 Å². The number of rotatable bonds is 2. The molecule has 1 aromatic carbocycles. The van der Waals surface area contributed by atoms with E-state index in [1.165, 1.54) is 11.3 Å². The zero-order valence-electron chi connectivity index (χ0n) is 20.3. The van der Waals surface area contributed by atoms with Crippen LogP contribution in [0.2, 0.25) is 0 Å². The number of fused-ring (bicyclic) bond motifs is 5. The lowest BCUT2D eigenvalue weighted by atomic mass is 9.48. The van der Waals surface area contributed by atoms with Crippen LogP contribution < -0.4 is 5.32 Å². The zero-order chi connectivity index (χ0) is 23.5. The average Bonchev–Trinajstić information content (AvgIpc) is 3.14. The predicted molar refractivity (Wildman–Crippen MR) is 128 cm³/mol. The number of carbonyl (C=O) groups excluding carboxylic acids is 2. The van der Waals surface area contributed by atoms with Crippen molar-refractivity contribution in [1.29, 1.82) is 5.26 Å². The van der Waals surface area contributed by atoms with E-state index in [0.29, 0.717) is 35.4 Å². The second kappa shape index (κ2) is 7.72. The maximum atomic E-state index is 13.5. The lowest BCUT2D eigenvalue weighted by Crippen LogP contribution is -2.54. The van der Waals surface area contributed by atoms with E-state index >= 15 is 0 Å². The van der Waals surface area contributed by atoms with E-state index in [1.807, 2.05) is 30.1 Å². The van der Waals surface area contributed by atoms with Gasteiger partial charge in [-0.25, -0.2) is 0 Å². The van der Waals surface area contributed by atoms with Gasteiger partial charge in [0.05, 0.1) is 11.3 Å². The molecular weight excluding hydrogens is 410 g/mol. The van der Waals surface area contributed by atoms with Gasteiger partial charge in [0.15, 0.2) is 0 Å². The summed E-state index contributed by atoms with van der Waals surface area (Å²) in [5.74, 6) is 1.96. The Labute approximate surface area is 197 Å².